The van der Waals surface area contributed by atoms with Crippen LogP contribution in [0.2, 0.25) is 0 Å². The molecule has 1 atom stereocenters. The summed E-state index contributed by atoms with van der Waals surface area (Å²) in [4.78, 5) is 24.4. The van der Waals surface area contributed by atoms with E-state index in [-0.39, 0.29) is 17.3 Å². The monoisotopic (exact) mass is 431 g/mol. The molecule has 0 spiro atoms. The van der Waals surface area contributed by atoms with E-state index in [2.05, 4.69) is 10.6 Å². The minimum absolute atomic E-state index is 0.0263. The normalized spacial score (nSPS) is 15.9. The van der Waals surface area contributed by atoms with Gasteiger partial charge in [-0.3, -0.25) is 9.59 Å². The number of nitrogens with one attached hydrogen (secondary N) is 2. The van der Waals surface area contributed by atoms with Crippen molar-refractivity contribution in [3.63, 3.8) is 0 Å². The molecule has 2 N–H and O–H groups in total. The number of para-hydroxylation sites is 1. The summed E-state index contributed by atoms with van der Waals surface area (Å²) in [5, 5.41) is 5.47. The lowest BCUT2D eigenvalue weighted by Gasteiger charge is -2.27. The van der Waals surface area contributed by atoms with Crippen molar-refractivity contribution in [3.8, 4) is 5.75 Å². The number of nitrogens with zero attached hydrogens (tertiary/aromatic N) is 1. The summed E-state index contributed by atoms with van der Waals surface area (Å²) in [5.41, 5.74) is 2.39. The van der Waals surface area contributed by atoms with Gasteiger partial charge in [0.15, 0.2) is 6.10 Å². The number of carbonyl (C=O) groups excluding carboxylic acids is 2. The first-order chi connectivity index (χ1) is 14.1. The molecule has 0 fully saturated rings. The number of fused-ring (bicyclic) bond motifs is 1. The lowest BCUT2D eigenvalue weighted by Crippen LogP contribution is -2.37. The van der Waals surface area contributed by atoms with E-state index < -0.39 is 22.0 Å². The molecule has 0 aliphatic carbocycles. The van der Waals surface area contributed by atoms with Crippen molar-refractivity contribution >= 4 is 33.2 Å². The van der Waals surface area contributed by atoms with Gasteiger partial charge in [-0.05, 0) is 43.5 Å². The van der Waals surface area contributed by atoms with Crippen molar-refractivity contribution in [2.75, 3.05) is 24.2 Å². The molecule has 9 heteroatoms. The molecule has 160 valence electrons. The molecule has 0 aromatic heterocycles. The third-order valence-corrected chi connectivity index (χ3v) is 6.89. The summed E-state index contributed by atoms with van der Waals surface area (Å²) < 4.78 is 32.9. The van der Waals surface area contributed by atoms with Gasteiger partial charge < -0.3 is 15.4 Å². The predicted octanol–water partition coefficient (Wildman–Crippen LogP) is 2.67. The van der Waals surface area contributed by atoms with Gasteiger partial charge >= 0.3 is 0 Å². The Labute approximate surface area is 176 Å². The first-order valence-corrected chi connectivity index (χ1v) is 11.0. The Hall–Kier alpha value is -2.91. The van der Waals surface area contributed by atoms with E-state index >= 15 is 0 Å². The Morgan fingerprint density at radius 2 is 1.90 bits per heavy atom. The minimum atomic E-state index is -3.96. The highest BCUT2D eigenvalue weighted by molar-refractivity contribution is 7.89. The summed E-state index contributed by atoms with van der Waals surface area (Å²) in [6.45, 7) is 4.95. The van der Waals surface area contributed by atoms with E-state index in [0.717, 1.165) is 9.87 Å². The molecule has 0 saturated carbocycles. The predicted molar refractivity (Wildman–Crippen MR) is 114 cm³/mol. The van der Waals surface area contributed by atoms with Gasteiger partial charge in [0, 0.05) is 18.8 Å². The number of hydrogen-bond donors (Lipinski definition) is 2. The van der Waals surface area contributed by atoms with E-state index in [1.807, 2.05) is 26.0 Å². The highest BCUT2D eigenvalue weighted by Gasteiger charge is 2.31. The third kappa shape index (κ3) is 4.31. The van der Waals surface area contributed by atoms with Crippen molar-refractivity contribution in [1.82, 2.24) is 4.31 Å². The number of sulfonamides is 1. The molecule has 2 amide bonds. The Kier molecular flexibility index (Phi) is 6.14. The molecule has 2 aromatic rings. The molecule has 0 bridgehead atoms. The Morgan fingerprint density at radius 1 is 1.20 bits per heavy atom. The van der Waals surface area contributed by atoms with E-state index in [9.17, 15) is 18.0 Å². The number of hydrogen-bond acceptors (Lipinski definition) is 5. The van der Waals surface area contributed by atoms with Gasteiger partial charge in [0.2, 0.25) is 15.9 Å². The van der Waals surface area contributed by atoms with Gasteiger partial charge in [-0.25, -0.2) is 8.42 Å². The number of carbonyl (C=O) groups is 2. The molecule has 1 aliphatic heterocycles. The standard InChI is InChI=1S/C21H25N3O5S/c1-5-17-21(26)23-16-10-14(3)19(11-18(16)29-17)30(27,28)24(4)12-20(25)22-15-9-7-6-8-13(15)2/h6-11,17H,5,12H2,1-4H3,(H,22,25)(H,23,26)/t17-/m1/s1. The lowest BCUT2D eigenvalue weighted by molar-refractivity contribution is -0.123. The molecular weight excluding hydrogens is 406 g/mol. The molecule has 3 rings (SSSR count). The second kappa shape index (κ2) is 8.45. The van der Waals surface area contributed by atoms with E-state index in [0.29, 0.717) is 29.1 Å². The average Bonchev–Trinajstić information content (AvgIpc) is 2.68. The van der Waals surface area contributed by atoms with Crippen LogP contribution >= 0.6 is 0 Å². The second-order valence-electron chi connectivity index (χ2n) is 7.24. The van der Waals surface area contributed by atoms with Crippen LogP contribution in [-0.2, 0) is 19.6 Å². The maximum Gasteiger partial charge on any atom is 0.265 e. The number of aryl methyl sites for hydroxylation is 2. The molecule has 0 saturated heterocycles. The summed E-state index contributed by atoms with van der Waals surface area (Å²) in [6, 6.07) is 10.2. The molecular formula is C21H25N3O5S. The topological polar surface area (TPSA) is 105 Å². The first-order valence-electron chi connectivity index (χ1n) is 9.57. The Bertz CT molecular complexity index is 1100. The quantitative estimate of drug-likeness (QED) is 0.732. The first kappa shape index (κ1) is 21.8. The number of rotatable bonds is 6. The van der Waals surface area contributed by atoms with Crippen molar-refractivity contribution in [3.05, 3.63) is 47.5 Å². The van der Waals surface area contributed by atoms with Gasteiger partial charge in [-0.1, -0.05) is 25.1 Å². The molecule has 8 nitrogen and oxygen atoms in total. The van der Waals surface area contributed by atoms with Crippen LogP contribution in [0.1, 0.15) is 24.5 Å². The molecule has 1 aliphatic rings. The van der Waals surface area contributed by atoms with Gasteiger partial charge in [0.05, 0.1) is 17.1 Å². The Morgan fingerprint density at radius 3 is 2.57 bits per heavy atom. The average molecular weight is 432 g/mol. The maximum atomic E-state index is 13.1. The van der Waals surface area contributed by atoms with Gasteiger partial charge in [-0.2, -0.15) is 4.31 Å². The van der Waals surface area contributed by atoms with Crippen LogP contribution in [0.4, 0.5) is 11.4 Å². The molecule has 2 aromatic carbocycles. The van der Waals surface area contributed by atoms with Crippen LogP contribution in [0.5, 0.6) is 5.75 Å². The van der Waals surface area contributed by atoms with Crippen LogP contribution in [0, 0.1) is 13.8 Å². The van der Waals surface area contributed by atoms with Crippen LogP contribution in [0.3, 0.4) is 0 Å². The zero-order chi connectivity index (χ0) is 22.1. The molecule has 1 heterocycles. The molecule has 0 radical (unpaired) electrons. The SMILES string of the molecule is CC[C@H]1Oc2cc(S(=O)(=O)N(C)CC(=O)Nc3ccccc3C)c(C)cc2NC1=O. The zero-order valence-electron chi connectivity index (χ0n) is 17.4. The van der Waals surface area contributed by atoms with E-state index in [1.54, 1.807) is 25.1 Å². The second-order valence-corrected chi connectivity index (χ2v) is 9.26. The molecule has 30 heavy (non-hydrogen) atoms. The smallest absolute Gasteiger partial charge is 0.265 e. The van der Waals surface area contributed by atoms with Crippen LogP contribution in [-0.4, -0.2) is 44.2 Å². The summed E-state index contributed by atoms with van der Waals surface area (Å²) in [5.74, 6) is -0.408. The largest absolute Gasteiger partial charge is 0.478 e. The van der Waals surface area contributed by atoms with Crippen LogP contribution in [0.15, 0.2) is 41.3 Å². The fourth-order valence-electron chi connectivity index (χ4n) is 3.19. The minimum Gasteiger partial charge on any atom is -0.478 e. The summed E-state index contributed by atoms with van der Waals surface area (Å²) in [7, 11) is -2.61. The molecule has 0 unspecified atom stereocenters. The Balaban J connectivity index is 1.82. The van der Waals surface area contributed by atoms with E-state index in [1.165, 1.54) is 13.1 Å². The fourth-order valence-corrected chi connectivity index (χ4v) is 4.53. The fraction of sp³-hybridized carbons (Fsp3) is 0.333. The number of likely N-dealkylation sites (N-methyl/N-ethyl adjacent to an activating group) is 1. The summed E-state index contributed by atoms with van der Waals surface area (Å²) >= 11 is 0. The number of amides is 2. The van der Waals surface area contributed by atoms with Crippen molar-refractivity contribution in [2.24, 2.45) is 0 Å². The highest BCUT2D eigenvalue weighted by atomic mass is 32.2. The summed E-state index contributed by atoms with van der Waals surface area (Å²) in [6.07, 6.45) is -0.214. The number of ether oxygens (including phenoxy) is 1. The zero-order valence-corrected chi connectivity index (χ0v) is 18.2. The van der Waals surface area contributed by atoms with Crippen LogP contribution < -0.4 is 15.4 Å². The van der Waals surface area contributed by atoms with Crippen molar-refractivity contribution in [2.45, 2.75) is 38.2 Å². The number of anilines is 2. The van der Waals surface area contributed by atoms with Gasteiger partial charge in [0.1, 0.15) is 5.75 Å². The maximum absolute atomic E-state index is 13.1. The van der Waals surface area contributed by atoms with Crippen LogP contribution in [0.25, 0.3) is 0 Å². The third-order valence-electron chi connectivity index (χ3n) is 4.94. The van der Waals surface area contributed by atoms with Gasteiger partial charge in [0.25, 0.3) is 5.91 Å². The highest BCUT2D eigenvalue weighted by Crippen LogP contribution is 2.35. The lowest BCUT2D eigenvalue weighted by atomic mass is 10.1. The van der Waals surface area contributed by atoms with Crippen molar-refractivity contribution < 1.29 is 22.7 Å². The van der Waals surface area contributed by atoms with E-state index in [4.69, 9.17) is 4.74 Å². The van der Waals surface area contributed by atoms with Gasteiger partial charge in [-0.15, -0.1) is 0 Å². The number of benzene rings is 2. The van der Waals surface area contributed by atoms with Crippen molar-refractivity contribution in [1.29, 1.82) is 0 Å².